The van der Waals surface area contributed by atoms with Gasteiger partial charge in [0.25, 0.3) is 0 Å². The molecule has 3 aromatic rings. The van der Waals surface area contributed by atoms with Gasteiger partial charge >= 0.3 is 6.09 Å². The minimum atomic E-state index is -0.676. The van der Waals surface area contributed by atoms with Gasteiger partial charge in [0, 0.05) is 16.8 Å². The number of hydrogen-bond donors (Lipinski definition) is 3. The van der Waals surface area contributed by atoms with Crippen molar-refractivity contribution in [1.82, 2.24) is 5.32 Å². The maximum absolute atomic E-state index is 13.1. The van der Waals surface area contributed by atoms with Gasteiger partial charge < -0.3 is 15.8 Å². The quantitative estimate of drug-likeness (QED) is 0.292. The summed E-state index contributed by atoms with van der Waals surface area (Å²) >= 11 is 11.2. The van der Waals surface area contributed by atoms with Gasteiger partial charge in [0.15, 0.2) is 10.9 Å². The fourth-order valence-electron chi connectivity index (χ4n) is 3.01. The lowest BCUT2D eigenvalue weighted by atomic mass is 9.93. The maximum atomic E-state index is 13.1. The van der Waals surface area contributed by atoms with Gasteiger partial charge in [0.1, 0.15) is 0 Å². The predicted octanol–water partition coefficient (Wildman–Crippen LogP) is 4.80. The number of ketones is 1. The Kier molecular flexibility index (Phi) is 7.23. The number of nitrogens with one attached hydrogen (secondary N) is 2. The van der Waals surface area contributed by atoms with E-state index in [1.165, 1.54) is 7.11 Å². The third-order valence-corrected chi connectivity index (χ3v) is 5.05. The number of amides is 1. The Hall–Kier alpha value is -3.42. The van der Waals surface area contributed by atoms with Crippen molar-refractivity contribution < 1.29 is 14.3 Å². The molecule has 1 amide bonds. The highest BCUT2D eigenvalue weighted by atomic mass is 35.5. The number of halogens is 1. The molecule has 0 fully saturated rings. The van der Waals surface area contributed by atoms with Gasteiger partial charge in [-0.1, -0.05) is 48.0 Å². The summed E-state index contributed by atoms with van der Waals surface area (Å²) in [5.41, 5.74) is 9.82. The highest BCUT2D eigenvalue weighted by molar-refractivity contribution is 7.80. The second-order valence-corrected chi connectivity index (χ2v) is 7.49. The van der Waals surface area contributed by atoms with Crippen LogP contribution in [0.25, 0.3) is 0 Å². The van der Waals surface area contributed by atoms with Gasteiger partial charge in [-0.05, 0) is 60.1 Å². The molecule has 0 bridgehead atoms. The Morgan fingerprint density at radius 2 is 1.81 bits per heavy atom. The summed E-state index contributed by atoms with van der Waals surface area (Å²) in [5.74, 6) is -0.0978. The summed E-state index contributed by atoms with van der Waals surface area (Å²) in [4.78, 5) is 24.5. The van der Waals surface area contributed by atoms with Gasteiger partial charge in [-0.2, -0.15) is 0 Å². The van der Waals surface area contributed by atoms with Crippen molar-refractivity contribution in [2.75, 3.05) is 18.2 Å². The molecule has 6 nitrogen and oxygen atoms in total. The normalized spacial score (nSPS) is 10.3. The number of hydrogen-bond acceptors (Lipinski definition) is 5. The smallest absolute Gasteiger partial charge is 0.413 e. The van der Waals surface area contributed by atoms with E-state index in [0.717, 1.165) is 11.1 Å². The Bertz CT molecular complexity index is 1140. The highest BCUT2D eigenvalue weighted by Crippen LogP contribution is 2.25. The van der Waals surface area contributed by atoms with Crippen LogP contribution in [0.4, 0.5) is 16.2 Å². The van der Waals surface area contributed by atoms with Crippen LogP contribution < -0.4 is 16.4 Å². The van der Waals surface area contributed by atoms with Crippen molar-refractivity contribution in [3.63, 3.8) is 0 Å². The molecule has 0 saturated carbocycles. The van der Waals surface area contributed by atoms with Crippen LogP contribution in [0, 0.1) is 0 Å². The lowest BCUT2D eigenvalue weighted by Crippen LogP contribution is -2.33. The van der Waals surface area contributed by atoms with Crippen LogP contribution in [-0.4, -0.2) is 24.1 Å². The summed E-state index contributed by atoms with van der Waals surface area (Å²) in [7, 11) is 1.25. The van der Waals surface area contributed by atoms with Crippen LogP contribution in [0.15, 0.2) is 66.7 Å². The second kappa shape index (κ2) is 10.1. The minimum Gasteiger partial charge on any atom is -0.453 e. The molecule has 3 aromatic carbocycles. The average Bonchev–Trinajstić information content (AvgIpc) is 2.76. The molecule has 0 aliphatic rings. The van der Waals surface area contributed by atoms with Crippen LogP contribution >= 0.6 is 23.8 Å². The van der Waals surface area contributed by atoms with Crippen molar-refractivity contribution in [3.8, 4) is 0 Å². The number of nitrogens with two attached hydrogens (primary N) is 1. The Morgan fingerprint density at radius 3 is 2.48 bits per heavy atom. The second-order valence-electron chi connectivity index (χ2n) is 6.67. The van der Waals surface area contributed by atoms with E-state index >= 15 is 0 Å². The molecule has 158 valence electrons. The van der Waals surface area contributed by atoms with Crippen LogP contribution in [0.3, 0.4) is 0 Å². The molecule has 0 radical (unpaired) electrons. The van der Waals surface area contributed by atoms with E-state index < -0.39 is 6.09 Å². The summed E-state index contributed by atoms with van der Waals surface area (Å²) in [6.07, 6.45) is -0.229. The molecular formula is C23H20ClN3O3S. The molecule has 0 aromatic heterocycles. The maximum Gasteiger partial charge on any atom is 0.413 e. The van der Waals surface area contributed by atoms with Gasteiger partial charge in [-0.25, -0.2) is 4.79 Å². The first-order chi connectivity index (χ1) is 14.9. The third-order valence-electron chi connectivity index (χ3n) is 4.50. The average molecular weight is 454 g/mol. The predicted molar refractivity (Wildman–Crippen MR) is 127 cm³/mol. The molecule has 0 saturated heterocycles. The van der Waals surface area contributed by atoms with E-state index in [1.54, 1.807) is 36.4 Å². The molecule has 0 atom stereocenters. The first-order valence-corrected chi connectivity index (χ1v) is 10.1. The van der Waals surface area contributed by atoms with E-state index in [9.17, 15) is 9.59 Å². The van der Waals surface area contributed by atoms with Crippen molar-refractivity contribution >= 4 is 52.2 Å². The highest BCUT2D eigenvalue weighted by Gasteiger charge is 2.16. The van der Waals surface area contributed by atoms with Gasteiger partial charge in [0.05, 0.1) is 17.8 Å². The van der Waals surface area contributed by atoms with Crippen LogP contribution in [0.1, 0.15) is 27.0 Å². The summed E-state index contributed by atoms with van der Waals surface area (Å²) < 4.78 is 4.54. The van der Waals surface area contributed by atoms with Crippen molar-refractivity contribution in [1.29, 1.82) is 0 Å². The van der Waals surface area contributed by atoms with Crippen LogP contribution in [0.2, 0.25) is 5.02 Å². The zero-order valence-electron chi connectivity index (χ0n) is 16.6. The number of methoxy groups -OCH3 is 1. The molecule has 0 spiro atoms. The van der Waals surface area contributed by atoms with Crippen molar-refractivity contribution in [3.05, 3.63) is 94.0 Å². The van der Waals surface area contributed by atoms with Crippen molar-refractivity contribution in [2.45, 2.75) is 6.42 Å². The first kappa shape index (κ1) is 22.3. The number of carbonyl (C=O) groups is 2. The molecular weight excluding hydrogens is 434 g/mol. The van der Waals surface area contributed by atoms with E-state index in [0.29, 0.717) is 33.9 Å². The molecule has 3 rings (SSSR count). The van der Waals surface area contributed by atoms with E-state index in [1.807, 2.05) is 30.3 Å². The number of rotatable bonds is 5. The SMILES string of the molecule is COC(=O)NC(=S)Nc1ccc(C(=O)c2ccccc2)c(Cc2ccc(Cl)c(N)c2)c1. The monoisotopic (exact) mass is 453 g/mol. The lowest BCUT2D eigenvalue weighted by Gasteiger charge is -2.14. The topological polar surface area (TPSA) is 93.5 Å². The minimum absolute atomic E-state index is 0.0793. The Morgan fingerprint density at radius 1 is 1.06 bits per heavy atom. The lowest BCUT2D eigenvalue weighted by molar-refractivity contribution is 0.103. The fourth-order valence-corrected chi connectivity index (χ4v) is 3.33. The molecule has 0 aliphatic carbocycles. The van der Waals surface area contributed by atoms with Crippen LogP contribution in [-0.2, 0) is 11.2 Å². The zero-order chi connectivity index (χ0) is 22.4. The largest absolute Gasteiger partial charge is 0.453 e. The van der Waals surface area contributed by atoms with Gasteiger partial charge in [-0.15, -0.1) is 0 Å². The number of anilines is 2. The van der Waals surface area contributed by atoms with Crippen molar-refractivity contribution in [2.24, 2.45) is 0 Å². The summed E-state index contributed by atoms with van der Waals surface area (Å²) in [5, 5.41) is 5.86. The molecule has 4 N–H and O–H groups in total. The molecule has 0 aliphatic heterocycles. The number of alkyl carbamates (subject to hydrolysis) is 1. The number of benzene rings is 3. The Balaban J connectivity index is 1.95. The van der Waals surface area contributed by atoms with E-state index in [4.69, 9.17) is 29.6 Å². The number of ether oxygens (including phenoxy) is 1. The van der Waals surface area contributed by atoms with E-state index in [-0.39, 0.29) is 10.9 Å². The summed E-state index contributed by atoms with van der Waals surface area (Å²) in [6, 6.07) is 19.7. The zero-order valence-corrected chi connectivity index (χ0v) is 18.2. The third kappa shape index (κ3) is 5.81. The number of carbonyl (C=O) groups excluding carboxylic acids is 2. The molecule has 31 heavy (non-hydrogen) atoms. The number of thiocarbonyl (C=S) groups is 1. The summed E-state index contributed by atoms with van der Waals surface area (Å²) in [6.45, 7) is 0. The molecule has 0 unspecified atom stereocenters. The van der Waals surface area contributed by atoms with Gasteiger partial charge in [0.2, 0.25) is 0 Å². The van der Waals surface area contributed by atoms with E-state index in [2.05, 4.69) is 15.4 Å². The standard InChI is InChI=1S/C23H20ClN3O3S/c1-30-23(29)27-22(31)26-17-8-9-18(21(28)15-5-3-2-4-6-15)16(13-17)11-14-7-10-19(24)20(25)12-14/h2-10,12-13H,11,25H2,1H3,(H2,26,27,29,31). The molecule has 0 heterocycles. The first-order valence-electron chi connectivity index (χ1n) is 9.30. The van der Waals surface area contributed by atoms with Gasteiger partial charge in [-0.3, -0.25) is 10.1 Å². The fraction of sp³-hybridized carbons (Fsp3) is 0.0870. The number of nitrogen functional groups attached to an aromatic ring is 1. The Labute approximate surface area is 190 Å². The molecule has 8 heteroatoms. The van der Waals surface area contributed by atoms with Crippen LogP contribution in [0.5, 0.6) is 0 Å².